The maximum Gasteiger partial charge on any atom is 0.129 e. The van der Waals surface area contributed by atoms with Gasteiger partial charge in [0.05, 0.1) is 0 Å². The largest absolute Gasteiger partial charge is 0.354 e. The summed E-state index contributed by atoms with van der Waals surface area (Å²) in [6.07, 6.45) is 5.15. The lowest BCUT2D eigenvalue weighted by Gasteiger charge is -2.36. The molecule has 1 aliphatic rings. The van der Waals surface area contributed by atoms with Gasteiger partial charge in [0.1, 0.15) is 5.82 Å². The first kappa shape index (κ1) is 12.7. The maximum atomic E-state index is 5.87. The van der Waals surface area contributed by atoms with Gasteiger partial charge in [-0.2, -0.15) is 0 Å². The quantitative estimate of drug-likeness (QED) is 0.759. The van der Waals surface area contributed by atoms with Gasteiger partial charge in [-0.05, 0) is 44.2 Å². The third kappa shape index (κ3) is 2.74. The van der Waals surface area contributed by atoms with Crippen LogP contribution in [0.4, 0.5) is 5.82 Å². The highest BCUT2D eigenvalue weighted by molar-refractivity contribution is 6.17. The van der Waals surface area contributed by atoms with E-state index in [-0.39, 0.29) is 0 Å². The average Bonchev–Trinajstić information content (AvgIpc) is 2.38. The first-order valence-electron chi connectivity index (χ1n) is 6.55. The van der Waals surface area contributed by atoms with Crippen molar-refractivity contribution in [3.8, 4) is 0 Å². The number of piperidine rings is 1. The Bertz CT molecular complexity index is 378. The zero-order valence-corrected chi connectivity index (χ0v) is 11.5. The predicted octanol–water partition coefficient (Wildman–Crippen LogP) is 3.90. The van der Waals surface area contributed by atoms with Gasteiger partial charge in [-0.3, -0.25) is 0 Å². The number of hydrogen-bond donors (Lipinski definition) is 0. The molecule has 1 aromatic heterocycles. The van der Waals surface area contributed by atoms with E-state index in [9.17, 15) is 0 Å². The molecule has 2 heterocycles. The zero-order chi connectivity index (χ0) is 12.3. The van der Waals surface area contributed by atoms with Crippen LogP contribution < -0.4 is 4.90 Å². The number of rotatable bonds is 3. The number of nitrogens with zero attached hydrogens (tertiary/aromatic N) is 2. The normalized spacial score (nSPS) is 20.6. The van der Waals surface area contributed by atoms with E-state index >= 15 is 0 Å². The lowest BCUT2D eigenvalue weighted by molar-refractivity contribution is 0.446. The van der Waals surface area contributed by atoms with Crippen LogP contribution in [0.3, 0.4) is 0 Å². The van der Waals surface area contributed by atoms with Crippen molar-refractivity contribution in [1.82, 2.24) is 4.98 Å². The maximum absolute atomic E-state index is 5.87. The van der Waals surface area contributed by atoms with Crippen LogP contribution in [0, 0.1) is 6.92 Å². The summed E-state index contributed by atoms with van der Waals surface area (Å²) in [6.45, 7) is 5.46. The number of aryl methyl sites for hydroxylation is 1. The minimum Gasteiger partial charge on any atom is -0.354 e. The summed E-state index contributed by atoms with van der Waals surface area (Å²) in [5, 5.41) is 0. The molecular weight excluding hydrogens is 232 g/mol. The molecule has 0 bridgehead atoms. The van der Waals surface area contributed by atoms with Crippen LogP contribution in [0.15, 0.2) is 12.1 Å². The molecule has 0 aromatic carbocycles. The molecule has 0 radical (unpaired) electrons. The molecule has 2 rings (SSSR count). The molecule has 0 amide bonds. The zero-order valence-electron chi connectivity index (χ0n) is 10.7. The van der Waals surface area contributed by atoms with E-state index < -0.39 is 0 Å². The highest BCUT2D eigenvalue weighted by Crippen LogP contribution is 2.26. The Morgan fingerprint density at radius 3 is 2.88 bits per heavy atom. The first-order valence-corrected chi connectivity index (χ1v) is 7.08. The molecule has 17 heavy (non-hydrogen) atoms. The topological polar surface area (TPSA) is 16.1 Å². The van der Waals surface area contributed by atoms with E-state index in [1.54, 1.807) is 0 Å². The lowest BCUT2D eigenvalue weighted by atomic mass is 10.00. The van der Waals surface area contributed by atoms with Crippen LogP contribution in [0.5, 0.6) is 0 Å². The third-order valence-electron chi connectivity index (χ3n) is 3.72. The fraction of sp³-hybridized carbons (Fsp3) is 0.643. The van der Waals surface area contributed by atoms with Gasteiger partial charge in [0, 0.05) is 24.2 Å². The van der Waals surface area contributed by atoms with Gasteiger partial charge in [0.15, 0.2) is 0 Å². The van der Waals surface area contributed by atoms with Gasteiger partial charge in [-0.15, -0.1) is 11.6 Å². The minimum absolute atomic E-state index is 0.552. The molecule has 3 heteroatoms. The monoisotopic (exact) mass is 252 g/mol. The van der Waals surface area contributed by atoms with Crippen LogP contribution in [0.2, 0.25) is 0 Å². The van der Waals surface area contributed by atoms with Crippen molar-refractivity contribution in [1.29, 1.82) is 0 Å². The first-order chi connectivity index (χ1) is 8.26. The number of pyridine rings is 1. The molecule has 1 unspecified atom stereocenters. The molecule has 0 aliphatic carbocycles. The Hall–Kier alpha value is -0.760. The Kier molecular flexibility index (Phi) is 4.27. The van der Waals surface area contributed by atoms with Crippen LogP contribution in [-0.4, -0.2) is 17.6 Å². The summed E-state index contributed by atoms with van der Waals surface area (Å²) in [5.41, 5.74) is 2.21. The van der Waals surface area contributed by atoms with Crippen molar-refractivity contribution in [3.05, 3.63) is 23.4 Å². The van der Waals surface area contributed by atoms with E-state index in [2.05, 4.69) is 24.0 Å². The predicted molar refractivity (Wildman–Crippen MR) is 73.8 cm³/mol. The molecule has 1 saturated heterocycles. The van der Waals surface area contributed by atoms with Gasteiger partial charge >= 0.3 is 0 Å². The minimum atomic E-state index is 0.552. The number of alkyl halides is 1. The summed E-state index contributed by atoms with van der Waals surface area (Å²) in [5.74, 6) is 1.68. The molecule has 0 spiro atoms. The second-order valence-electron chi connectivity index (χ2n) is 4.80. The smallest absolute Gasteiger partial charge is 0.129 e. The average molecular weight is 253 g/mol. The van der Waals surface area contributed by atoms with Crippen LogP contribution >= 0.6 is 11.6 Å². The molecule has 0 N–H and O–H groups in total. The van der Waals surface area contributed by atoms with Crippen LogP contribution in [0.25, 0.3) is 0 Å². The van der Waals surface area contributed by atoms with E-state index in [1.165, 1.54) is 25.7 Å². The van der Waals surface area contributed by atoms with Crippen molar-refractivity contribution in [2.24, 2.45) is 0 Å². The van der Waals surface area contributed by atoms with Crippen LogP contribution in [-0.2, 0) is 5.88 Å². The van der Waals surface area contributed by atoms with E-state index in [4.69, 9.17) is 16.6 Å². The van der Waals surface area contributed by atoms with Crippen LogP contribution in [0.1, 0.15) is 43.9 Å². The molecule has 0 saturated carbocycles. The van der Waals surface area contributed by atoms with Gasteiger partial charge in [0.2, 0.25) is 0 Å². The summed E-state index contributed by atoms with van der Waals surface area (Å²) in [6, 6.07) is 4.91. The second kappa shape index (κ2) is 5.72. The molecular formula is C14H21ClN2. The number of aromatic nitrogens is 1. The number of hydrogen-bond acceptors (Lipinski definition) is 2. The number of anilines is 1. The summed E-state index contributed by atoms with van der Waals surface area (Å²) >= 11 is 5.87. The summed E-state index contributed by atoms with van der Waals surface area (Å²) in [7, 11) is 0. The highest BCUT2D eigenvalue weighted by Gasteiger charge is 2.22. The van der Waals surface area contributed by atoms with E-state index in [0.29, 0.717) is 11.9 Å². The van der Waals surface area contributed by atoms with Crippen molar-refractivity contribution in [2.45, 2.75) is 51.5 Å². The Morgan fingerprint density at radius 1 is 1.41 bits per heavy atom. The molecule has 2 nitrogen and oxygen atoms in total. The molecule has 1 atom stereocenters. The van der Waals surface area contributed by atoms with Gasteiger partial charge in [0.25, 0.3) is 0 Å². The van der Waals surface area contributed by atoms with Crippen molar-refractivity contribution in [3.63, 3.8) is 0 Å². The summed E-state index contributed by atoms with van der Waals surface area (Å²) < 4.78 is 0. The fourth-order valence-corrected chi connectivity index (χ4v) is 2.89. The van der Waals surface area contributed by atoms with E-state index in [0.717, 1.165) is 23.6 Å². The standard InChI is InChI=1S/C14H21ClN2/c1-3-13-6-4-5-9-17(13)14-8-7-12(10-15)11(2)16-14/h7-8,13H,3-6,9-10H2,1-2H3. The summed E-state index contributed by atoms with van der Waals surface area (Å²) in [4.78, 5) is 7.17. The van der Waals surface area contributed by atoms with Gasteiger partial charge in [-0.25, -0.2) is 4.98 Å². The van der Waals surface area contributed by atoms with E-state index in [1.807, 2.05) is 6.92 Å². The molecule has 1 fully saturated rings. The van der Waals surface area contributed by atoms with Gasteiger partial charge in [-0.1, -0.05) is 13.0 Å². The van der Waals surface area contributed by atoms with Crippen molar-refractivity contribution < 1.29 is 0 Å². The molecule has 94 valence electrons. The number of halogens is 1. The Morgan fingerprint density at radius 2 is 2.24 bits per heavy atom. The lowest BCUT2D eigenvalue weighted by Crippen LogP contribution is -2.39. The van der Waals surface area contributed by atoms with Gasteiger partial charge < -0.3 is 4.90 Å². The second-order valence-corrected chi connectivity index (χ2v) is 5.07. The highest BCUT2D eigenvalue weighted by atomic mass is 35.5. The van der Waals surface area contributed by atoms with Crippen molar-refractivity contribution in [2.75, 3.05) is 11.4 Å². The Labute approximate surface area is 109 Å². The molecule has 1 aliphatic heterocycles. The third-order valence-corrected chi connectivity index (χ3v) is 4.01. The molecule has 1 aromatic rings. The Balaban J connectivity index is 2.23. The fourth-order valence-electron chi connectivity index (χ4n) is 2.60. The van der Waals surface area contributed by atoms with Crippen molar-refractivity contribution >= 4 is 17.4 Å². The SMILES string of the molecule is CCC1CCCCN1c1ccc(CCl)c(C)n1.